The number of aryl methyl sites for hydroxylation is 2. The highest BCUT2D eigenvalue weighted by Gasteiger charge is 2.15. The summed E-state index contributed by atoms with van der Waals surface area (Å²) in [6, 6.07) is 3.77. The second-order valence-electron chi connectivity index (χ2n) is 6.27. The molecule has 0 amide bonds. The van der Waals surface area contributed by atoms with Crippen molar-refractivity contribution in [1.29, 1.82) is 0 Å². The van der Waals surface area contributed by atoms with Gasteiger partial charge in [0.15, 0.2) is 22.1 Å². The summed E-state index contributed by atoms with van der Waals surface area (Å²) in [7, 11) is 4.99. The maximum atomic E-state index is 12.5. The molecule has 144 valence electrons. The number of imidazole rings is 1. The zero-order valence-electron chi connectivity index (χ0n) is 15.6. The Kier molecular flexibility index (Phi) is 4.59. The van der Waals surface area contributed by atoms with Crippen LogP contribution in [0.15, 0.2) is 45.6 Å². The Hall–Kier alpha value is -3.21. The summed E-state index contributed by atoms with van der Waals surface area (Å²) >= 11 is 1.53. The van der Waals surface area contributed by atoms with E-state index in [0.717, 1.165) is 21.1 Å². The topological polar surface area (TPSA) is 105 Å². The van der Waals surface area contributed by atoms with Gasteiger partial charge in [-0.25, -0.2) is 9.78 Å². The van der Waals surface area contributed by atoms with Crippen molar-refractivity contribution in [2.24, 2.45) is 21.1 Å². The number of thioether (sulfide) groups is 1. The standard InChI is InChI=1S/C17H18N8O2S/c1-22-13(11-4-6-18-7-5-11)20-21-16(22)28-9-8-25-10-19-14-12(25)15(26)24(3)17(27)23(14)2/h4-7,10H,8-9H2,1-3H3. The number of aromatic nitrogens is 8. The molecule has 0 unspecified atom stereocenters. The summed E-state index contributed by atoms with van der Waals surface area (Å²) in [5.41, 5.74) is 1.01. The predicted octanol–water partition coefficient (Wildman–Crippen LogP) is 0.416. The van der Waals surface area contributed by atoms with E-state index in [1.807, 2.05) is 23.7 Å². The molecular formula is C17H18N8O2S. The summed E-state index contributed by atoms with van der Waals surface area (Å²) in [5, 5.41) is 9.28. The van der Waals surface area contributed by atoms with Gasteiger partial charge in [0, 0.05) is 51.4 Å². The largest absolute Gasteiger partial charge is 0.332 e. The van der Waals surface area contributed by atoms with Gasteiger partial charge in [0.05, 0.1) is 6.33 Å². The first-order chi connectivity index (χ1) is 13.5. The normalized spacial score (nSPS) is 11.4. The average molecular weight is 398 g/mol. The lowest BCUT2D eigenvalue weighted by Gasteiger charge is -2.07. The van der Waals surface area contributed by atoms with E-state index >= 15 is 0 Å². The Morgan fingerprint density at radius 3 is 2.50 bits per heavy atom. The van der Waals surface area contributed by atoms with Gasteiger partial charge in [0.1, 0.15) is 0 Å². The van der Waals surface area contributed by atoms with Gasteiger partial charge in [0.2, 0.25) is 0 Å². The van der Waals surface area contributed by atoms with E-state index in [9.17, 15) is 9.59 Å². The second kappa shape index (κ2) is 7.08. The lowest BCUT2D eigenvalue weighted by Crippen LogP contribution is -2.37. The fraction of sp³-hybridized carbons (Fsp3) is 0.294. The Balaban J connectivity index is 1.55. The van der Waals surface area contributed by atoms with Gasteiger partial charge < -0.3 is 9.13 Å². The Morgan fingerprint density at radius 2 is 1.75 bits per heavy atom. The molecule has 0 fully saturated rings. The van der Waals surface area contributed by atoms with Crippen LogP contribution < -0.4 is 11.2 Å². The molecule has 10 nitrogen and oxygen atoms in total. The first-order valence-electron chi connectivity index (χ1n) is 8.52. The molecule has 0 saturated heterocycles. The number of hydrogen-bond acceptors (Lipinski definition) is 7. The summed E-state index contributed by atoms with van der Waals surface area (Å²) in [5.74, 6) is 1.43. The van der Waals surface area contributed by atoms with Crippen molar-refractivity contribution in [2.45, 2.75) is 11.7 Å². The Bertz CT molecular complexity index is 1270. The third-order valence-electron chi connectivity index (χ3n) is 4.55. The minimum atomic E-state index is -0.389. The molecule has 0 radical (unpaired) electrons. The molecule has 4 heterocycles. The maximum absolute atomic E-state index is 12.5. The van der Waals surface area contributed by atoms with Crippen molar-refractivity contribution >= 4 is 22.9 Å². The molecule has 0 bridgehead atoms. The fourth-order valence-corrected chi connectivity index (χ4v) is 3.84. The van der Waals surface area contributed by atoms with Gasteiger partial charge in [-0.15, -0.1) is 10.2 Å². The molecule has 0 spiro atoms. The van der Waals surface area contributed by atoms with Crippen molar-refractivity contribution in [3.05, 3.63) is 51.7 Å². The van der Waals surface area contributed by atoms with Gasteiger partial charge >= 0.3 is 5.69 Å². The van der Waals surface area contributed by atoms with Crippen molar-refractivity contribution in [2.75, 3.05) is 5.75 Å². The molecule has 0 aliphatic carbocycles. The van der Waals surface area contributed by atoms with E-state index in [-0.39, 0.29) is 11.2 Å². The molecule has 4 rings (SSSR count). The number of fused-ring (bicyclic) bond motifs is 1. The zero-order chi connectivity index (χ0) is 19.8. The summed E-state index contributed by atoms with van der Waals surface area (Å²) in [4.78, 5) is 32.7. The van der Waals surface area contributed by atoms with Crippen molar-refractivity contribution in [3.8, 4) is 11.4 Å². The molecule has 0 N–H and O–H groups in total. The first kappa shape index (κ1) is 18.2. The van der Waals surface area contributed by atoms with Gasteiger partial charge in [-0.1, -0.05) is 11.8 Å². The lowest BCUT2D eigenvalue weighted by atomic mass is 10.2. The van der Waals surface area contributed by atoms with Crippen LogP contribution >= 0.6 is 11.8 Å². The molecule has 11 heteroatoms. The molecule has 4 aromatic rings. The number of pyridine rings is 1. The number of nitrogens with zero attached hydrogens (tertiary/aromatic N) is 8. The van der Waals surface area contributed by atoms with E-state index in [1.54, 1.807) is 30.3 Å². The minimum absolute atomic E-state index is 0.348. The van der Waals surface area contributed by atoms with Crippen LogP contribution in [0.4, 0.5) is 0 Å². The quantitative estimate of drug-likeness (QED) is 0.449. The Labute approximate surface area is 163 Å². The average Bonchev–Trinajstić information content (AvgIpc) is 3.30. The third-order valence-corrected chi connectivity index (χ3v) is 5.55. The SMILES string of the molecule is Cn1c(SCCn2cnc3c2c(=O)n(C)c(=O)n3C)nnc1-c1ccncc1. The highest BCUT2D eigenvalue weighted by Crippen LogP contribution is 2.22. The smallest absolute Gasteiger partial charge is 0.324 e. The third kappa shape index (κ3) is 2.93. The molecule has 0 aliphatic heterocycles. The van der Waals surface area contributed by atoms with E-state index in [0.29, 0.717) is 23.5 Å². The molecule has 0 aromatic carbocycles. The highest BCUT2D eigenvalue weighted by atomic mass is 32.2. The van der Waals surface area contributed by atoms with E-state index in [1.165, 1.54) is 23.4 Å². The van der Waals surface area contributed by atoms with Crippen LogP contribution in [0.2, 0.25) is 0 Å². The molecule has 0 aliphatic rings. The van der Waals surface area contributed by atoms with Crippen LogP contribution in [-0.4, -0.2) is 44.2 Å². The molecule has 0 saturated carbocycles. The van der Waals surface area contributed by atoms with Crippen LogP contribution in [0.3, 0.4) is 0 Å². The first-order valence-corrected chi connectivity index (χ1v) is 9.51. The monoisotopic (exact) mass is 398 g/mol. The second-order valence-corrected chi connectivity index (χ2v) is 7.33. The number of rotatable bonds is 5. The van der Waals surface area contributed by atoms with Crippen LogP contribution in [0.1, 0.15) is 0 Å². The maximum Gasteiger partial charge on any atom is 0.332 e. The summed E-state index contributed by atoms with van der Waals surface area (Å²) in [6.45, 7) is 0.548. The van der Waals surface area contributed by atoms with Crippen molar-refractivity contribution < 1.29 is 0 Å². The van der Waals surface area contributed by atoms with Crippen molar-refractivity contribution in [3.63, 3.8) is 0 Å². The molecule has 4 aromatic heterocycles. The van der Waals surface area contributed by atoms with Crippen LogP contribution in [0.5, 0.6) is 0 Å². The molecule has 0 atom stereocenters. The molecular weight excluding hydrogens is 380 g/mol. The summed E-state index contributed by atoms with van der Waals surface area (Å²) in [6.07, 6.45) is 5.02. The van der Waals surface area contributed by atoms with E-state index in [2.05, 4.69) is 20.2 Å². The van der Waals surface area contributed by atoms with Gasteiger partial charge in [-0.2, -0.15) is 0 Å². The lowest BCUT2D eigenvalue weighted by molar-refractivity contribution is 0.700. The van der Waals surface area contributed by atoms with Crippen LogP contribution in [0, 0.1) is 0 Å². The van der Waals surface area contributed by atoms with Crippen molar-refractivity contribution in [1.82, 2.24) is 38.4 Å². The van der Waals surface area contributed by atoms with E-state index < -0.39 is 0 Å². The minimum Gasteiger partial charge on any atom is -0.324 e. The van der Waals surface area contributed by atoms with E-state index in [4.69, 9.17) is 0 Å². The van der Waals surface area contributed by atoms with Gasteiger partial charge in [-0.05, 0) is 12.1 Å². The van der Waals surface area contributed by atoms with Gasteiger partial charge in [-0.3, -0.25) is 18.9 Å². The van der Waals surface area contributed by atoms with Crippen LogP contribution in [0.25, 0.3) is 22.6 Å². The Morgan fingerprint density at radius 1 is 1.00 bits per heavy atom. The number of hydrogen-bond donors (Lipinski definition) is 0. The van der Waals surface area contributed by atoms with Gasteiger partial charge in [0.25, 0.3) is 5.56 Å². The predicted molar refractivity (Wildman–Crippen MR) is 105 cm³/mol. The molecule has 28 heavy (non-hydrogen) atoms. The fourth-order valence-electron chi connectivity index (χ4n) is 2.99. The zero-order valence-corrected chi connectivity index (χ0v) is 16.4. The van der Waals surface area contributed by atoms with Crippen LogP contribution in [-0.2, 0) is 27.7 Å². The highest BCUT2D eigenvalue weighted by molar-refractivity contribution is 7.99. The summed E-state index contributed by atoms with van der Waals surface area (Å²) < 4.78 is 6.17.